The number of ether oxygens (including phenoxy) is 2. The fourth-order valence-corrected chi connectivity index (χ4v) is 3.16. The summed E-state index contributed by atoms with van der Waals surface area (Å²) in [7, 11) is 1.64. The third-order valence-corrected chi connectivity index (χ3v) is 4.56. The smallest absolute Gasteiger partial charge is 0.137 e. The van der Waals surface area contributed by atoms with Crippen molar-refractivity contribution in [1.82, 2.24) is 0 Å². The van der Waals surface area contributed by atoms with E-state index >= 15 is 0 Å². The van der Waals surface area contributed by atoms with E-state index in [0.717, 1.165) is 28.1 Å². The van der Waals surface area contributed by atoms with Crippen molar-refractivity contribution < 1.29 is 19.0 Å². The quantitative estimate of drug-likeness (QED) is 0.457. The number of aromatic hydroxyl groups is 1. The van der Waals surface area contributed by atoms with Gasteiger partial charge in [-0.1, -0.05) is 0 Å². The normalized spacial score (nSPS) is 11.8. The lowest BCUT2D eigenvalue weighted by Crippen LogP contribution is -2.05. The van der Waals surface area contributed by atoms with Crippen LogP contribution in [0.3, 0.4) is 0 Å². The molecule has 1 aromatic heterocycles. The van der Waals surface area contributed by atoms with Gasteiger partial charge in [0.05, 0.1) is 24.3 Å². The molecule has 0 amide bonds. The fraction of sp³-hybridized carbons (Fsp3) is 0.160. The highest BCUT2D eigenvalue weighted by Gasteiger charge is 2.08. The third-order valence-electron chi connectivity index (χ3n) is 4.56. The van der Waals surface area contributed by atoms with Crippen molar-refractivity contribution in [3.63, 3.8) is 0 Å². The Labute approximate surface area is 174 Å². The molecule has 5 nitrogen and oxygen atoms in total. The van der Waals surface area contributed by atoms with E-state index in [0.29, 0.717) is 16.7 Å². The number of methoxy groups -OCH3 is 1. The molecule has 30 heavy (non-hydrogen) atoms. The van der Waals surface area contributed by atoms with Gasteiger partial charge in [0.15, 0.2) is 0 Å². The molecule has 4 rings (SSSR count). The number of hydrogen-bond donors (Lipinski definition) is 1. The van der Waals surface area contributed by atoms with Gasteiger partial charge in [-0.2, -0.15) is 0 Å². The molecular formula is C25H23NO4. The average Bonchev–Trinajstić information content (AvgIpc) is 2.75. The van der Waals surface area contributed by atoms with Crippen LogP contribution in [0.2, 0.25) is 0 Å². The van der Waals surface area contributed by atoms with Crippen LogP contribution in [-0.2, 0) is 0 Å². The van der Waals surface area contributed by atoms with Crippen molar-refractivity contribution in [2.24, 2.45) is 4.99 Å². The van der Waals surface area contributed by atoms with Gasteiger partial charge in [-0.15, -0.1) is 0 Å². The zero-order valence-electron chi connectivity index (χ0n) is 17.1. The molecule has 0 aliphatic rings. The van der Waals surface area contributed by atoms with Gasteiger partial charge < -0.3 is 19.0 Å². The number of benzene rings is 3. The van der Waals surface area contributed by atoms with Crippen LogP contribution in [0.1, 0.15) is 13.8 Å². The Balaban J connectivity index is 1.84. The topological polar surface area (TPSA) is 64.2 Å². The van der Waals surface area contributed by atoms with Gasteiger partial charge in [-0.25, -0.2) is 4.99 Å². The van der Waals surface area contributed by atoms with E-state index in [4.69, 9.17) is 18.9 Å². The molecular weight excluding hydrogens is 378 g/mol. The minimum Gasteiger partial charge on any atom is -0.508 e. The first-order valence-electron chi connectivity index (χ1n) is 9.74. The van der Waals surface area contributed by atoms with Gasteiger partial charge in [0.25, 0.3) is 0 Å². The number of phenols is 1. The zero-order valence-corrected chi connectivity index (χ0v) is 17.1. The monoisotopic (exact) mass is 401 g/mol. The summed E-state index contributed by atoms with van der Waals surface area (Å²) in [6.45, 7) is 3.98. The number of hydrogen-bond acceptors (Lipinski definition) is 5. The molecule has 1 N–H and O–H groups in total. The van der Waals surface area contributed by atoms with Gasteiger partial charge in [0, 0.05) is 17.0 Å². The summed E-state index contributed by atoms with van der Waals surface area (Å²) in [5, 5.41) is 11.4. The molecule has 0 radical (unpaired) electrons. The first kappa shape index (κ1) is 19.6. The highest BCUT2D eigenvalue weighted by molar-refractivity contribution is 5.80. The predicted octanol–water partition coefficient (Wildman–Crippen LogP) is 5.83. The Morgan fingerprint density at radius 2 is 1.57 bits per heavy atom. The van der Waals surface area contributed by atoms with Crippen LogP contribution in [0, 0.1) is 0 Å². The zero-order chi connectivity index (χ0) is 21.1. The number of phenolic OH excluding ortho intramolecular Hbond substituents is 1. The summed E-state index contributed by atoms with van der Waals surface area (Å²) in [4.78, 5) is 4.80. The summed E-state index contributed by atoms with van der Waals surface area (Å²) in [5.74, 6) is 2.41. The number of fused-ring (bicyclic) bond motifs is 1. The molecule has 0 fully saturated rings. The molecule has 0 saturated heterocycles. The minimum absolute atomic E-state index is 0.113. The second-order valence-electron chi connectivity index (χ2n) is 7.18. The Bertz CT molecular complexity index is 1220. The largest absolute Gasteiger partial charge is 0.508 e. The highest BCUT2D eigenvalue weighted by Crippen LogP contribution is 2.26. The van der Waals surface area contributed by atoms with E-state index in [1.54, 1.807) is 25.3 Å². The second-order valence-corrected chi connectivity index (χ2v) is 7.18. The van der Waals surface area contributed by atoms with E-state index < -0.39 is 0 Å². The van der Waals surface area contributed by atoms with Gasteiger partial charge in [0.2, 0.25) is 0 Å². The maximum absolute atomic E-state index is 9.97. The highest BCUT2D eigenvalue weighted by atomic mass is 16.5. The Morgan fingerprint density at radius 1 is 0.867 bits per heavy atom. The van der Waals surface area contributed by atoms with E-state index in [9.17, 15) is 5.11 Å². The van der Waals surface area contributed by atoms with Crippen LogP contribution < -0.4 is 14.8 Å². The van der Waals surface area contributed by atoms with Crippen molar-refractivity contribution in [3.8, 4) is 28.6 Å². The van der Waals surface area contributed by atoms with Gasteiger partial charge >= 0.3 is 0 Å². The average molecular weight is 401 g/mol. The first-order valence-corrected chi connectivity index (χ1v) is 9.74. The van der Waals surface area contributed by atoms with Crippen LogP contribution in [0.4, 0.5) is 5.69 Å². The molecule has 0 spiro atoms. The second kappa shape index (κ2) is 8.33. The lowest BCUT2D eigenvalue weighted by molar-refractivity contribution is 0.242. The minimum atomic E-state index is 0.113. The molecule has 0 atom stereocenters. The van der Waals surface area contributed by atoms with E-state index in [1.165, 1.54) is 0 Å². The maximum Gasteiger partial charge on any atom is 0.137 e. The lowest BCUT2D eigenvalue weighted by Gasteiger charge is -2.09. The van der Waals surface area contributed by atoms with Crippen molar-refractivity contribution >= 4 is 16.7 Å². The fourth-order valence-electron chi connectivity index (χ4n) is 3.16. The number of nitrogens with zero attached hydrogens (tertiary/aromatic N) is 1. The molecule has 0 aliphatic heterocycles. The number of rotatable bonds is 5. The van der Waals surface area contributed by atoms with Crippen molar-refractivity contribution in [1.29, 1.82) is 0 Å². The van der Waals surface area contributed by atoms with Crippen LogP contribution in [0.15, 0.2) is 82.2 Å². The van der Waals surface area contributed by atoms with E-state index in [2.05, 4.69) is 0 Å². The molecule has 152 valence electrons. The van der Waals surface area contributed by atoms with Crippen molar-refractivity contribution in [2.45, 2.75) is 20.0 Å². The van der Waals surface area contributed by atoms with Crippen LogP contribution in [0.25, 0.3) is 22.3 Å². The van der Waals surface area contributed by atoms with E-state index in [1.807, 2.05) is 68.4 Å². The van der Waals surface area contributed by atoms with Crippen molar-refractivity contribution in [3.05, 3.63) is 78.2 Å². The van der Waals surface area contributed by atoms with E-state index in [-0.39, 0.29) is 11.9 Å². The SMILES string of the molecule is COc1ccc(-c2cc(=Nc3ccc(OC(C)C)cc3)c3cc(O)ccc3o2)cc1. The van der Waals surface area contributed by atoms with Gasteiger partial charge in [-0.3, -0.25) is 0 Å². The molecule has 0 saturated carbocycles. The molecule has 4 aromatic rings. The van der Waals surface area contributed by atoms with Gasteiger partial charge in [-0.05, 0) is 80.6 Å². The standard InChI is InChI=1S/C25H23NO4/c1-16(2)29-21-11-6-18(7-12-21)26-23-15-25(17-4-9-20(28-3)10-5-17)30-24-13-8-19(27)14-22(23)24/h4-16,27H,1-3H3. The Kier molecular flexibility index (Phi) is 5.44. The summed E-state index contributed by atoms with van der Waals surface area (Å²) < 4.78 is 17.0. The molecule has 0 aliphatic carbocycles. The lowest BCUT2D eigenvalue weighted by atomic mass is 10.1. The van der Waals surface area contributed by atoms with Gasteiger partial charge in [0.1, 0.15) is 28.6 Å². The third kappa shape index (κ3) is 4.30. The molecule has 0 bridgehead atoms. The molecule has 5 heteroatoms. The molecule has 3 aromatic carbocycles. The predicted molar refractivity (Wildman–Crippen MR) is 117 cm³/mol. The van der Waals surface area contributed by atoms with Crippen molar-refractivity contribution in [2.75, 3.05) is 7.11 Å². The first-order chi connectivity index (χ1) is 14.5. The maximum atomic E-state index is 9.97. The summed E-state index contributed by atoms with van der Waals surface area (Å²) >= 11 is 0. The van der Waals surface area contributed by atoms with Crippen LogP contribution in [0.5, 0.6) is 17.2 Å². The summed E-state index contributed by atoms with van der Waals surface area (Å²) in [6, 6.07) is 22.1. The van der Waals surface area contributed by atoms with Crippen LogP contribution >= 0.6 is 0 Å². The molecule has 0 unspecified atom stereocenters. The Hall–Kier alpha value is -3.73. The van der Waals surface area contributed by atoms with Crippen LogP contribution in [-0.4, -0.2) is 18.3 Å². The molecule has 1 heterocycles. The Morgan fingerprint density at radius 3 is 2.23 bits per heavy atom. The summed E-state index contributed by atoms with van der Waals surface area (Å²) in [6.07, 6.45) is 0.113. The summed E-state index contributed by atoms with van der Waals surface area (Å²) in [5.41, 5.74) is 2.32.